The highest BCUT2D eigenvalue weighted by molar-refractivity contribution is 7.21. The average molecular weight is 538 g/mol. The Labute approximate surface area is 219 Å². The zero-order valence-corrected chi connectivity index (χ0v) is 21.3. The van der Waals surface area contributed by atoms with Gasteiger partial charge in [0, 0.05) is 17.7 Å². The number of fused-ring (bicyclic) bond motifs is 2. The van der Waals surface area contributed by atoms with E-state index in [-0.39, 0.29) is 18.0 Å². The highest BCUT2D eigenvalue weighted by atomic mass is 32.1. The fraction of sp³-hybridized carbons (Fsp3) is 0.192. The Morgan fingerprint density at radius 1 is 1.08 bits per heavy atom. The maximum atomic E-state index is 14.8. The van der Waals surface area contributed by atoms with Gasteiger partial charge in [-0.25, -0.2) is 29.1 Å². The van der Waals surface area contributed by atoms with E-state index in [2.05, 4.69) is 25.3 Å². The van der Waals surface area contributed by atoms with Crippen LogP contribution in [0.15, 0.2) is 48.8 Å². The molecule has 3 heterocycles. The predicted molar refractivity (Wildman–Crippen MR) is 139 cm³/mol. The second-order valence-electron chi connectivity index (χ2n) is 8.38. The van der Waals surface area contributed by atoms with Crippen molar-refractivity contribution in [2.45, 2.75) is 20.0 Å². The number of nitrogens with zero attached hydrogens (tertiary/aromatic N) is 4. The number of amides is 1. The monoisotopic (exact) mass is 537 g/mol. The third kappa shape index (κ3) is 5.44. The molecule has 0 radical (unpaired) electrons. The molecule has 0 saturated heterocycles. The molecule has 0 aliphatic heterocycles. The maximum Gasteiger partial charge on any atom is 0.412 e. The minimum Gasteiger partial charge on any atom is -0.487 e. The quantitative estimate of drug-likeness (QED) is 0.255. The van der Waals surface area contributed by atoms with Gasteiger partial charge in [0.05, 0.1) is 46.4 Å². The first-order valence-corrected chi connectivity index (χ1v) is 12.2. The molecule has 0 bridgehead atoms. The van der Waals surface area contributed by atoms with E-state index in [1.807, 2.05) is 19.1 Å². The third-order valence-electron chi connectivity index (χ3n) is 5.41. The molecule has 1 atom stereocenters. The summed E-state index contributed by atoms with van der Waals surface area (Å²) in [6.07, 6.45) is 1.22. The number of carbonyl (C=O) groups is 1. The number of halogens is 2. The SMILES string of the molecule is COc1cnc2c(-c3nc4cc(F)c(OC[C@@H](C)OC(=O)Nc5ccc(F)nc5)cc4s3)cc(C)cc2n1. The Balaban J connectivity index is 1.31. The molecule has 0 aliphatic rings. The highest BCUT2D eigenvalue weighted by Crippen LogP contribution is 2.37. The van der Waals surface area contributed by atoms with Crippen LogP contribution in [0.5, 0.6) is 11.6 Å². The second-order valence-corrected chi connectivity index (χ2v) is 9.41. The van der Waals surface area contributed by atoms with Crippen molar-refractivity contribution in [3.05, 3.63) is 66.1 Å². The molecule has 194 valence electrons. The van der Waals surface area contributed by atoms with Gasteiger partial charge in [-0.05, 0) is 43.7 Å². The number of pyridine rings is 1. The van der Waals surface area contributed by atoms with Crippen LogP contribution in [0.1, 0.15) is 12.5 Å². The molecular weight excluding hydrogens is 516 g/mol. The van der Waals surface area contributed by atoms with Crippen LogP contribution in [0.3, 0.4) is 0 Å². The molecule has 0 aliphatic carbocycles. The van der Waals surface area contributed by atoms with Crippen LogP contribution in [-0.2, 0) is 4.74 Å². The van der Waals surface area contributed by atoms with Crippen molar-refractivity contribution >= 4 is 44.4 Å². The standard InChI is InChI=1S/C26H21F2N5O4S/c1-13-6-16(24-19(7-13)32-23(35-3)11-30-24)25-33-18-8-17(27)20(9-21(18)38-25)36-12-14(2)37-26(34)31-15-4-5-22(28)29-10-15/h4-11,14H,12H2,1-3H3,(H,31,34)/t14-/m1/s1. The number of methoxy groups -OCH3 is 1. The second kappa shape index (κ2) is 10.5. The van der Waals surface area contributed by atoms with E-state index in [0.29, 0.717) is 32.1 Å². The van der Waals surface area contributed by atoms with Gasteiger partial charge in [0.2, 0.25) is 11.8 Å². The summed E-state index contributed by atoms with van der Waals surface area (Å²) in [6.45, 7) is 3.45. The molecule has 9 nitrogen and oxygen atoms in total. The summed E-state index contributed by atoms with van der Waals surface area (Å²) >= 11 is 1.37. The Morgan fingerprint density at radius 2 is 1.92 bits per heavy atom. The Bertz CT molecular complexity index is 1650. The summed E-state index contributed by atoms with van der Waals surface area (Å²) in [6, 6.07) is 9.20. The number of hydrogen-bond acceptors (Lipinski definition) is 9. The largest absolute Gasteiger partial charge is 0.487 e. The first-order chi connectivity index (χ1) is 18.3. The van der Waals surface area contributed by atoms with Gasteiger partial charge in [0.25, 0.3) is 0 Å². The molecule has 2 aromatic carbocycles. The van der Waals surface area contributed by atoms with Crippen molar-refractivity contribution in [2.75, 3.05) is 19.0 Å². The summed E-state index contributed by atoms with van der Waals surface area (Å²) in [4.78, 5) is 29.1. The van der Waals surface area contributed by atoms with E-state index < -0.39 is 24.0 Å². The lowest BCUT2D eigenvalue weighted by molar-refractivity contribution is 0.0844. The van der Waals surface area contributed by atoms with Gasteiger partial charge in [0.1, 0.15) is 17.7 Å². The molecule has 0 unspecified atom stereocenters. The van der Waals surface area contributed by atoms with Crippen LogP contribution in [0.2, 0.25) is 0 Å². The molecule has 1 N–H and O–H groups in total. The van der Waals surface area contributed by atoms with Crippen molar-refractivity contribution in [3.8, 4) is 22.2 Å². The van der Waals surface area contributed by atoms with Gasteiger partial charge in [-0.1, -0.05) is 0 Å². The van der Waals surface area contributed by atoms with E-state index in [1.54, 1.807) is 19.2 Å². The fourth-order valence-electron chi connectivity index (χ4n) is 3.69. The normalized spacial score (nSPS) is 11.9. The van der Waals surface area contributed by atoms with Crippen molar-refractivity contribution in [2.24, 2.45) is 0 Å². The number of anilines is 1. The van der Waals surface area contributed by atoms with Gasteiger partial charge in [0.15, 0.2) is 11.6 Å². The van der Waals surface area contributed by atoms with E-state index in [1.165, 1.54) is 30.6 Å². The van der Waals surface area contributed by atoms with E-state index >= 15 is 0 Å². The van der Waals surface area contributed by atoms with Crippen molar-refractivity contribution < 1.29 is 27.8 Å². The maximum absolute atomic E-state index is 14.8. The summed E-state index contributed by atoms with van der Waals surface area (Å²) in [5.74, 6) is -0.850. The molecular formula is C26H21F2N5O4S. The van der Waals surface area contributed by atoms with Gasteiger partial charge in [-0.15, -0.1) is 11.3 Å². The Morgan fingerprint density at radius 3 is 2.68 bits per heavy atom. The molecule has 0 spiro atoms. The summed E-state index contributed by atoms with van der Waals surface area (Å²) in [5.41, 5.74) is 3.83. The topological polar surface area (TPSA) is 108 Å². The molecule has 1 amide bonds. The third-order valence-corrected chi connectivity index (χ3v) is 6.46. The first-order valence-electron chi connectivity index (χ1n) is 11.4. The molecule has 0 fully saturated rings. The smallest absolute Gasteiger partial charge is 0.412 e. The number of aromatic nitrogens is 4. The lowest BCUT2D eigenvalue weighted by atomic mass is 10.1. The number of benzene rings is 2. The number of aryl methyl sites for hydroxylation is 1. The van der Waals surface area contributed by atoms with Crippen LogP contribution in [0.25, 0.3) is 31.8 Å². The number of hydrogen-bond donors (Lipinski definition) is 1. The minimum absolute atomic E-state index is 0.00456. The van der Waals surface area contributed by atoms with Crippen molar-refractivity contribution in [1.82, 2.24) is 19.9 Å². The molecule has 3 aromatic heterocycles. The highest BCUT2D eigenvalue weighted by Gasteiger charge is 2.17. The Hall–Kier alpha value is -4.45. The number of carbonyl (C=O) groups excluding carboxylic acids is 1. The van der Waals surface area contributed by atoms with Crippen LogP contribution in [0.4, 0.5) is 19.3 Å². The number of rotatable bonds is 7. The summed E-state index contributed by atoms with van der Waals surface area (Å²) < 4.78 is 44.4. The van der Waals surface area contributed by atoms with Crippen LogP contribution in [0, 0.1) is 18.7 Å². The zero-order chi connectivity index (χ0) is 26.8. The lowest BCUT2D eigenvalue weighted by Gasteiger charge is -2.15. The van der Waals surface area contributed by atoms with Gasteiger partial charge < -0.3 is 14.2 Å². The number of thiazole rings is 1. The average Bonchev–Trinajstić information content (AvgIpc) is 3.30. The Kier molecular flexibility index (Phi) is 6.97. The minimum atomic E-state index is -0.774. The van der Waals surface area contributed by atoms with Crippen LogP contribution in [-0.4, -0.2) is 45.8 Å². The lowest BCUT2D eigenvalue weighted by Crippen LogP contribution is -2.25. The molecule has 0 saturated carbocycles. The number of ether oxygens (including phenoxy) is 3. The molecule has 12 heteroatoms. The van der Waals surface area contributed by atoms with Crippen LogP contribution < -0.4 is 14.8 Å². The van der Waals surface area contributed by atoms with Gasteiger partial charge in [-0.2, -0.15) is 4.39 Å². The summed E-state index contributed by atoms with van der Waals surface area (Å²) in [5, 5.41) is 3.09. The summed E-state index contributed by atoms with van der Waals surface area (Å²) in [7, 11) is 1.53. The van der Waals surface area contributed by atoms with Crippen LogP contribution >= 0.6 is 11.3 Å². The van der Waals surface area contributed by atoms with Gasteiger partial charge in [-0.3, -0.25) is 5.32 Å². The zero-order valence-electron chi connectivity index (χ0n) is 20.5. The first kappa shape index (κ1) is 25.2. The van der Waals surface area contributed by atoms with Crippen molar-refractivity contribution in [3.63, 3.8) is 0 Å². The van der Waals surface area contributed by atoms with Gasteiger partial charge >= 0.3 is 6.09 Å². The predicted octanol–water partition coefficient (Wildman–Crippen LogP) is 5.91. The molecule has 38 heavy (non-hydrogen) atoms. The molecule has 5 rings (SSSR count). The van der Waals surface area contributed by atoms with E-state index in [0.717, 1.165) is 23.4 Å². The molecule has 5 aromatic rings. The van der Waals surface area contributed by atoms with E-state index in [9.17, 15) is 13.6 Å². The van der Waals surface area contributed by atoms with Crippen molar-refractivity contribution in [1.29, 1.82) is 0 Å². The fourth-order valence-corrected chi connectivity index (χ4v) is 4.68. The number of nitrogens with one attached hydrogen (secondary N) is 1. The van der Waals surface area contributed by atoms with E-state index in [4.69, 9.17) is 14.2 Å².